The summed E-state index contributed by atoms with van der Waals surface area (Å²) >= 11 is 0. The van der Waals surface area contributed by atoms with Crippen LogP contribution in [0.25, 0.3) is 10.9 Å². The maximum absolute atomic E-state index is 12.8. The molecular weight excluding hydrogens is 430 g/mol. The van der Waals surface area contributed by atoms with E-state index < -0.39 is 0 Å². The van der Waals surface area contributed by atoms with Crippen molar-refractivity contribution in [1.29, 1.82) is 0 Å². The van der Waals surface area contributed by atoms with Crippen molar-refractivity contribution in [2.75, 3.05) is 13.1 Å². The van der Waals surface area contributed by atoms with E-state index in [4.69, 9.17) is 0 Å². The molecule has 0 atom stereocenters. The second kappa shape index (κ2) is 10.5. The number of benzene rings is 3. The number of rotatable bonds is 7. The van der Waals surface area contributed by atoms with Crippen molar-refractivity contribution in [3.63, 3.8) is 0 Å². The van der Waals surface area contributed by atoms with Crippen LogP contribution in [-0.2, 0) is 24.4 Å². The normalized spacial score (nSPS) is 14.9. The van der Waals surface area contributed by atoms with E-state index in [-0.39, 0.29) is 11.8 Å². The minimum atomic E-state index is 0.106. The van der Waals surface area contributed by atoms with Crippen molar-refractivity contribution >= 4 is 16.8 Å². The van der Waals surface area contributed by atoms with E-state index in [1.165, 1.54) is 33.3 Å². The van der Waals surface area contributed by atoms with Crippen LogP contribution < -0.4 is 5.32 Å². The Bertz CT molecular complexity index is 1300. The zero-order valence-electron chi connectivity index (χ0n) is 20.8. The molecule has 1 aliphatic rings. The maximum atomic E-state index is 12.8. The first-order chi connectivity index (χ1) is 17.0. The fraction of sp³-hybridized carbons (Fsp3) is 0.323. The van der Waals surface area contributed by atoms with E-state index in [1.54, 1.807) is 0 Å². The van der Waals surface area contributed by atoms with E-state index in [0.717, 1.165) is 44.6 Å². The summed E-state index contributed by atoms with van der Waals surface area (Å²) < 4.78 is 2.46. The van der Waals surface area contributed by atoms with Gasteiger partial charge in [0.1, 0.15) is 0 Å². The van der Waals surface area contributed by atoms with Crippen LogP contribution in [0.15, 0.2) is 78.9 Å². The van der Waals surface area contributed by atoms with E-state index in [1.807, 2.05) is 0 Å². The Morgan fingerprint density at radius 3 is 2.37 bits per heavy atom. The second-order valence-corrected chi connectivity index (χ2v) is 10.0. The number of nitrogens with zero attached hydrogens (tertiary/aromatic N) is 2. The summed E-state index contributed by atoms with van der Waals surface area (Å²) in [7, 11) is 0. The molecule has 35 heavy (non-hydrogen) atoms. The summed E-state index contributed by atoms with van der Waals surface area (Å²) in [6.07, 6.45) is 1.83. The van der Waals surface area contributed by atoms with Gasteiger partial charge in [-0.05, 0) is 68.4 Å². The monoisotopic (exact) mass is 465 g/mol. The van der Waals surface area contributed by atoms with Gasteiger partial charge in [0, 0.05) is 36.8 Å². The third-order valence-electron chi connectivity index (χ3n) is 7.25. The number of aryl methyl sites for hydroxylation is 2. The van der Waals surface area contributed by atoms with Gasteiger partial charge in [-0.15, -0.1) is 0 Å². The highest BCUT2D eigenvalue weighted by Gasteiger charge is 2.25. The average molecular weight is 466 g/mol. The molecule has 3 aromatic carbocycles. The Morgan fingerprint density at radius 1 is 0.829 bits per heavy atom. The predicted octanol–water partition coefficient (Wildman–Crippen LogP) is 5.83. The molecule has 0 aliphatic carbocycles. The minimum absolute atomic E-state index is 0.106. The van der Waals surface area contributed by atoms with Crippen molar-refractivity contribution in [2.45, 2.75) is 46.3 Å². The third kappa shape index (κ3) is 5.66. The van der Waals surface area contributed by atoms with Gasteiger partial charge in [-0.2, -0.15) is 0 Å². The van der Waals surface area contributed by atoms with Crippen LogP contribution in [0.2, 0.25) is 0 Å². The molecule has 4 nitrogen and oxygen atoms in total. The molecule has 4 heteroatoms. The molecule has 0 bridgehead atoms. The van der Waals surface area contributed by atoms with Crippen molar-refractivity contribution in [3.8, 4) is 0 Å². The van der Waals surface area contributed by atoms with Crippen molar-refractivity contribution < 1.29 is 4.79 Å². The molecule has 0 spiro atoms. The smallest absolute Gasteiger partial charge is 0.223 e. The molecule has 1 amide bonds. The lowest BCUT2D eigenvalue weighted by molar-refractivity contribution is -0.126. The van der Waals surface area contributed by atoms with Crippen LogP contribution in [0.5, 0.6) is 0 Å². The van der Waals surface area contributed by atoms with Gasteiger partial charge >= 0.3 is 0 Å². The lowest BCUT2D eigenvalue weighted by Gasteiger charge is -2.31. The maximum Gasteiger partial charge on any atom is 0.223 e. The van der Waals surface area contributed by atoms with E-state index in [9.17, 15) is 4.79 Å². The van der Waals surface area contributed by atoms with Gasteiger partial charge in [-0.25, -0.2) is 0 Å². The first-order valence-electron chi connectivity index (χ1n) is 12.7. The lowest BCUT2D eigenvalue weighted by atomic mass is 9.95. The summed E-state index contributed by atoms with van der Waals surface area (Å²) in [4.78, 5) is 15.3. The molecule has 1 N–H and O–H groups in total. The van der Waals surface area contributed by atoms with E-state index in [0.29, 0.717) is 6.54 Å². The number of hydrogen-bond donors (Lipinski definition) is 1. The molecule has 1 aromatic heterocycles. The molecule has 1 saturated heterocycles. The van der Waals surface area contributed by atoms with Crippen LogP contribution >= 0.6 is 0 Å². The number of nitrogens with one attached hydrogen (secondary N) is 1. The fourth-order valence-corrected chi connectivity index (χ4v) is 5.20. The number of aromatic nitrogens is 1. The number of para-hydroxylation sites is 1. The van der Waals surface area contributed by atoms with Crippen LogP contribution in [0.1, 0.15) is 40.8 Å². The van der Waals surface area contributed by atoms with Gasteiger partial charge in [0.2, 0.25) is 5.91 Å². The number of fused-ring (bicyclic) bond motifs is 1. The lowest BCUT2D eigenvalue weighted by Crippen LogP contribution is -2.40. The summed E-state index contributed by atoms with van der Waals surface area (Å²) in [5.41, 5.74) is 7.65. The predicted molar refractivity (Wildman–Crippen MR) is 143 cm³/mol. The van der Waals surface area contributed by atoms with Crippen LogP contribution in [0.4, 0.5) is 0 Å². The molecule has 0 unspecified atom stereocenters. The van der Waals surface area contributed by atoms with Gasteiger partial charge in [-0.1, -0.05) is 77.9 Å². The fourth-order valence-electron chi connectivity index (χ4n) is 5.20. The van der Waals surface area contributed by atoms with Crippen LogP contribution in [-0.4, -0.2) is 28.5 Å². The quantitative estimate of drug-likeness (QED) is 0.373. The molecular formula is C31H35N3O. The largest absolute Gasteiger partial charge is 0.352 e. The van der Waals surface area contributed by atoms with Crippen molar-refractivity contribution in [1.82, 2.24) is 14.8 Å². The molecule has 1 fully saturated rings. The first kappa shape index (κ1) is 23.4. The Kier molecular flexibility index (Phi) is 7.01. The zero-order valence-corrected chi connectivity index (χ0v) is 20.8. The Morgan fingerprint density at radius 2 is 1.60 bits per heavy atom. The Hall–Kier alpha value is -3.37. The molecule has 2 heterocycles. The van der Waals surface area contributed by atoms with Crippen molar-refractivity contribution in [2.24, 2.45) is 5.92 Å². The number of hydrogen-bond acceptors (Lipinski definition) is 2. The molecule has 5 rings (SSSR count). The molecule has 1 aliphatic heterocycles. The highest BCUT2D eigenvalue weighted by Crippen LogP contribution is 2.25. The Balaban J connectivity index is 1.22. The summed E-state index contributed by atoms with van der Waals surface area (Å²) in [5, 5.41) is 4.44. The molecule has 180 valence electrons. The summed E-state index contributed by atoms with van der Waals surface area (Å²) in [5.74, 6) is 0.300. The standard InChI is InChI=1S/C31H35N3O/c1-23-10-12-25(13-11-23)20-32-31(35)27-14-16-33(17-15-27)22-29-19-28-8-3-4-9-30(28)34(29)21-26-7-5-6-24(2)18-26/h3-13,18-19,27H,14-17,20-22H2,1-2H3,(H,32,35). The highest BCUT2D eigenvalue weighted by molar-refractivity contribution is 5.81. The average Bonchev–Trinajstić information content (AvgIpc) is 3.20. The van der Waals surface area contributed by atoms with Crippen molar-refractivity contribution in [3.05, 3.63) is 107 Å². The van der Waals surface area contributed by atoms with Crippen LogP contribution in [0, 0.1) is 19.8 Å². The number of piperidine rings is 1. The van der Waals surface area contributed by atoms with Gasteiger partial charge in [0.05, 0.1) is 0 Å². The van der Waals surface area contributed by atoms with E-state index >= 15 is 0 Å². The third-order valence-corrected chi connectivity index (χ3v) is 7.25. The summed E-state index contributed by atoms with van der Waals surface area (Å²) in [6.45, 7) is 8.54. The van der Waals surface area contributed by atoms with Gasteiger partial charge in [0.15, 0.2) is 0 Å². The highest BCUT2D eigenvalue weighted by atomic mass is 16.1. The SMILES string of the molecule is Cc1ccc(CNC(=O)C2CCN(Cc3cc4ccccc4n3Cc3cccc(C)c3)CC2)cc1. The second-order valence-electron chi connectivity index (χ2n) is 10.0. The van der Waals surface area contributed by atoms with Gasteiger partial charge in [0.25, 0.3) is 0 Å². The number of carbonyl (C=O) groups excluding carboxylic acids is 1. The van der Waals surface area contributed by atoms with Crippen LogP contribution in [0.3, 0.4) is 0 Å². The Labute approximate surface area is 208 Å². The minimum Gasteiger partial charge on any atom is -0.352 e. The first-order valence-corrected chi connectivity index (χ1v) is 12.7. The van der Waals surface area contributed by atoms with Gasteiger partial charge in [-0.3, -0.25) is 9.69 Å². The molecule has 0 radical (unpaired) electrons. The number of likely N-dealkylation sites (tertiary alicyclic amines) is 1. The zero-order chi connectivity index (χ0) is 24.2. The topological polar surface area (TPSA) is 37.3 Å². The number of amides is 1. The molecule has 4 aromatic rings. The summed E-state index contributed by atoms with van der Waals surface area (Å²) in [6, 6.07) is 28.2. The number of carbonyl (C=O) groups is 1. The van der Waals surface area contributed by atoms with E-state index in [2.05, 4.69) is 107 Å². The molecule has 0 saturated carbocycles. The van der Waals surface area contributed by atoms with Gasteiger partial charge < -0.3 is 9.88 Å².